The summed E-state index contributed by atoms with van der Waals surface area (Å²) in [6, 6.07) is 1.97. The maximum Gasteiger partial charge on any atom is 0.143 e. The fourth-order valence-electron chi connectivity index (χ4n) is 1.77. The van der Waals surface area contributed by atoms with Crippen molar-refractivity contribution in [2.45, 2.75) is 18.9 Å². The third kappa shape index (κ3) is 2.52. The van der Waals surface area contributed by atoms with Gasteiger partial charge in [-0.2, -0.15) is 0 Å². The van der Waals surface area contributed by atoms with Crippen LogP contribution in [0, 0.1) is 0 Å². The molecule has 5 heteroatoms. The third-order valence-corrected chi connectivity index (χ3v) is 3.56. The molecule has 1 aromatic heterocycles. The SMILES string of the molecule is CC1(O)CCN(c2ncc(Br)cc2Br)C1. The van der Waals surface area contributed by atoms with E-state index in [0.717, 1.165) is 27.7 Å². The lowest BCUT2D eigenvalue weighted by Gasteiger charge is -2.20. The summed E-state index contributed by atoms with van der Waals surface area (Å²) in [5.41, 5.74) is -0.589. The average Bonchev–Trinajstić information content (AvgIpc) is 2.46. The van der Waals surface area contributed by atoms with Gasteiger partial charge in [0.05, 0.1) is 10.1 Å². The van der Waals surface area contributed by atoms with Crippen molar-refractivity contribution < 1.29 is 5.11 Å². The summed E-state index contributed by atoms with van der Waals surface area (Å²) in [5, 5.41) is 9.88. The summed E-state index contributed by atoms with van der Waals surface area (Å²) < 4.78 is 1.90. The molecule has 1 unspecified atom stereocenters. The highest BCUT2D eigenvalue weighted by molar-refractivity contribution is 9.11. The second-order valence-electron chi connectivity index (χ2n) is 4.13. The van der Waals surface area contributed by atoms with Gasteiger partial charge in [0.15, 0.2) is 0 Å². The Morgan fingerprint density at radius 3 is 2.80 bits per heavy atom. The maximum absolute atomic E-state index is 9.88. The molecule has 1 N–H and O–H groups in total. The van der Waals surface area contributed by atoms with E-state index >= 15 is 0 Å². The van der Waals surface area contributed by atoms with Crippen LogP contribution in [-0.4, -0.2) is 28.8 Å². The van der Waals surface area contributed by atoms with Gasteiger partial charge < -0.3 is 10.0 Å². The van der Waals surface area contributed by atoms with Crippen molar-refractivity contribution in [3.05, 3.63) is 21.2 Å². The molecule has 82 valence electrons. The van der Waals surface area contributed by atoms with Gasteiger partial charge in [-0.25, -0.2) is 4.98 Å². The highest BCUT2D eigenvalue weighted by atomic mass is 79.9. The van der Waals surface area contributed by atoms with Crippen LogP contribution < -0.4 is 4.90 Å². The predicted molar refractivity (Wildman–Crippen MR) is 67.1 cm³/mol. The quantitative estimate of drug-likeness (QED) is 0.857. The second-order valence-corrected chi connectivity index (χ2v) is 5.90. The molecule has 3 nitrogen and oxygen atoms in total. The molecule has 1 aromatic rings. The second kappa shape index (κ2) is 4.03. The van der Waals surface area contributed by atoms with Crippen molar-refractivity contribution in [1.82, 2.24) is 4.98 Å². The molecule has 1 aliphatic rings. The van der Waals surface area contributed by atoms with Gasteiger partial charge >= 0.3 is 0 Å². The number of rotatable bonds is 1. The van der Waals surface area contributed by atoms with E-state index in [2.05, 4.69) is 41.7 Å². The molecule has 0 bridgehead atoms. The molecule has 0 spiro atoms. The fraction of sp³-hybridized carbons (Fsp3) is 0.500. The zero-order valence-corrected chi connectivity index (χ0v) is 11.5. The average molecular weight is 336 g/mol. The van der Waals surface area contributed by atoms with Crippen LogP contribution in [0.1, 0.15) is 13.3 Å². The molecule has 0 radical (unpaired) electrons. The highest BCUT2D eigenvalue weighted by Crippen LogP contribution is 2.31. The van der Waals surface area contributed by atoms with E-state index in [-0.39, 0.29) is 0 Å². The fourth-order valence-corrected chi connectivity index (χ4v) is 3.00. The summed E-state index contributed by atoms with van der Waals surface area (Å²) in [6.45, 7) is 3.35. The van der Waals surface area contributed by atoms with Crippen LogP contribution >= 0.6 is 31.9 Å². The lowest BCUT2D eigenvalue weighted by molar-refractivity contribution is 0.0839. The minimum atomic E-state index is -0.589. The smallest absolute Gasteiger partial charge is 0.143 e. The van der Waals surface area contributed by atoms with Crippen LogP contribution in [-0.2, 0) is 0 Å². The molecule has 0 aliphatic carbocycles. The Labute approximate surface area is 106 Å². The maximum atomic E-state index is 9.88. The standard InChI is InChI=1S/C10H12Br2N2O/c1-10(15)2-3-14(6-10)9-8(12)4-7(11)5-13-9/h4-5,15H,2-3,6H2,1H3. The largest absolute Gasteiger partial charge is 0.388 e. The summed E-state index contributed by atoms with van der Waals surface area (Å²) in [7, 11) is 0. The zero-order valence-electron chi connectivity index (χ0n) is 8.37. The Morgan fingerprint density at radius 2 is 2.27 bits per heavy atom. The number of halogens is 2. The first-order valence-electron chi connectivity index (χ1n) is 4.76. The van der Waals surface area contributed by atoms with E-state index in [1.807, 2.05) is 13.0 Å². The van der Waals surface area contributed by atoms with Gasteiger partial charge in [-0.15, -0.1) is 0 Å². The third-order valence-electron chi connectivity index (χ3n) is 2.54. The van der Waals surface area contributed by atoms with E-state index < -0.39 is 5.60 Å². The first-order valence-corrected chi connectivity index (χ1v) is 6.35. The number of hydrogen-bond donors (Lipinski definition) is 1. The number of anilines is 1. The van der Waals surface area contributed by atoms with Gasteiger partial charge in [-0.05, 0) is 51.3 Å². The van der Waals surface area contributed by atoms with Crippen molar-refractivity contribution in [3.8, 4) is 0 Å². The summed E-state index contributed by atoms with van der Waals surface area (Å²) >= 11 is 6.85. The number of nitrogens with zero attached hydrogens (tertiary/aromatic N) is 2. The zero-order chi connectivity index (χ0) is 11.1. The van der Waals surface area contributed by atoms with Crippen molar-refractivity contribution in [3.63, 3.8) is 0 Å². The molecule has 1 atom stereocenters. The summed E-state index contributed by atoms with van der Waals surface area (Å²) in [6.07, 6.45) is 2.56. The van der Waals surface area contributed by atoms with E-state index in [9.17, 15) is 5.11 Å². The lowest BCUT2D eigenvalue weighted by atomic mass is 10.1. The first-order chi connectivity index (χ1) is 6.98. The van der Waals surface area contributed by atoms with Crippen molar-refractivity contribution >= 4 is 37.7 Å². The Kier molecular flexibility index (Phi) is 3.05. The molecule has 0 amide bonds. The van der Waals surface area contributed by atoms with Crippen LogP contribution in [0.15, 0.2) is 21.2 Å². The molecular weight excluding hydrogens is 324 g/mol. The molecule has 2 rings (SSSR count). The van der Waals surface area contributed by atoms with Gasteiger partial charge in [0.2, 0.25) is 0 Å². The Balaban J connectivity index is 2.24. The molecule has 0 aromatic carbocycles. The molecule has 0 saturated carbocycles. The molecule has 15 heavy (non-hydrogen) atoms. The van der Waals surface area contributed by atoms with Crippen LogP contribution in [0.5, 0.6) is 0 Å². The Morgan fingerprint density at radius 1 is 1.53 bits per heavy atom. The van der Waals surface area contributed by atoms with Gasteiger partial charge in [0, 0.05) is 23.8 Å². The van der Waals surface area contributed by atoms with Gasteiger partial charge in [-0.3, -0.25) is 0 Å². The minimum absolute atomic E-state index is 0.589. The Hall–Kier alpha value is -0.130. The first kappa shape index (κ1) is 11.4. The van der Waals surface area contributed by atoms with Crippen LogP contribution in [0.4, 0.5) is 5.82 Å². The van der Waals surface area contributed by atoms with E-state index in [0.29, 0.717) is 6.54 Å². The molecule has 1 aliphatic heterocycles. The summed E-state index contributed by atoms with van der Waals surface area (Å²) in [4.78, 5) is 6.44. The van der Waals surface area contributed by atoms with E-state index in [1.165, 1.54) is 0 Å². The van der Waals surface area contributed by atoms with Crippen molar-refractivity contribution in [2.24, 2.45) is 0 Å². The van der Waals surface area contributed by atoms with Crippen LogP contribution in [0.2, 0.25) is 0 Å². The number of hydrogen-bond acceptors (Lipinski definition) is 3. The topological polar surface area (TPSA) is 36.4 Å². The number of aromatic nitrogens is 1. The monoisotopic (exact) mass is 334 g/mol. The molecule has 1 fully saturated rings. The van der Waals surface area contributed by atoms with E-state index in [4.69, 9.17) is 0 Å². The lowest BCUT2D eigenvalue weighted by Crippen LogP contribution is -2.30. The number of aliphatic hydroxyl groups is 1. The Bertz CT molecular complexity index is 382. The summed E-state index contributed by atoms with van der Waals surface area (Å²) in [5.74, 6) is 0.899. The number of pyridine rings is 1. The molecule has 2 heterocycles. The van der Waals surface area contributed by atoms with Crippen LogP contribution in [0.3, 0.4) is 0 Å². The van der Waals surface area contributed by atoms with Gasteiger partial charge in [-0.1, -0.05) is 0 Å². The van der Waals surface area contributed by atoms with Gasteiger partial charge in [0.25, 0.3) is 0 Å². The molecule has 1 saturated heterocycles. The van der Waals surface area contributed by atoms with E-state index in [1.54, 1.807) is 6.20 Å². The predicted octanol–water partition coefficient (Wildman–Crippen LogP) is 2.57. The minimum Gasteiger partial charge on any atom is -0.388 e. The van der Waals surface area contributed by atoms with Crippen molar-refractivity contribution in [1.29, 1.82) is 0 Å². The normalized spacial score (nSPS) is 26.0. The van der Waals surface area contributed by atoms with Crippen molar-refractivity contribution in [2.75, 3.05) is 18.0 Å². The molecular formula is C10H12Br2N2O. The van der Waals surface area contributed by atoms with Gasteiger partial charge in [0.1, 0.15) is 5.82 Å². The highest BCUT2D eigenvalue weighted by Gasteiger charge is 2.32. The van der Waals surface area contributed by atoms with Crippen LogP contribution in [0.25, 0.3) is 0 Å². The number of β-amino-alcohol motifs (C(OH)–C–C–N with tert-alkyl or cyclic N) is 1.